The van der Waals surface area contributed by atoms with Gasteiger partial charge in [-0.2, -0.15) is 0 Å². The lowest BCUT2D eigenvalue weighted by atomic mass is 9.61. The molecule has 18 heavy (non-hydrogen) atoms. The van der Waals surface area contributed by atoms with Crippen LogP contribution in [0.15, 0.2) is 0 Å². The summed E-state index contributed by atoms with van der Waals surface area (Å²) in [5.74, 6) is 1.20. The molecule has 0 aromatic rings. The lowest BCUT2D eigenvalue weighted by molar-refractivity contribution is -0.138. The molecule has 0 bridgehead atoms. The van der Waals surface area contributed by atoms with E-state index >= 15 is 0 Å². The van der Waals surface area contributed by atoms with Crippen molar-refractivity contribution in [3.8, 4) is 0 Å². The van der Waals surface area contributed by atoms with E-state index in [1.54, 1.807) is 0 Å². The zero-order valence-electron chi connectivity index (χ0n) is 13.5. The van der Waals surface area contributed by atoms with Gasteiger partial charge in [0.2, 0.25) is 0 Å². The van der Waals surface area contributed by atoms with Gasteiger partial charge in [-0.05, 0) is 30.6 Å². The highest BCUT2D eigenvalue weighted by molar-refractivity contribution is 5.89. The minimum atomic E-state index is -0.196. The Morgan fingerprint density at radius 1 is 1.17 bits per heavy atom. The van der Waals surface area contributed by atoms with E-state index in [4.69, 9.17) is 0 Å². The second-order valence-corrected chi connectivity index (χ2v) is 8.87. The number of carbonyl (C=O) groups excluding carboxylic acids is 1. The van der Waals surface area contributed by atoms with Crippen molar-refractivity contribution in [3.05, 3.63) is 0 Å². The van der Waals surface area contributed by atoms with Gasteiger partial charge in [0.05, 0.1) is 0 Å². The van der Waals surface area contributed by atoms with Gasteiger partial charge in [-0.3, -0.25) is 4.79 Å². The Kier molecular flexibility index (Phi) is 4.35. The van der Waals surface area contributed by atoms with Crippen LogP contribution in [0.5, 0.6) is 0 Å². The van der Waals surface area contributed by atoms with Gasteiger partial charge in [-0.25, -0.2) is 0 Å². The molecule has 0 aliphatic heterocycles. The van der Waals surface area contributed by atoms with Crippen LogP contribution in [0.25, 0.3) is 0 Å². The van der Waals surface area contributed by atoms with Crippen LogP contribution in [-0.2, 0) is 4.79 Å². The molecule has 1 aliphatic carbocycles. The molecule has 0 spiro atoms. The topological polar surface area (TPSA) is 17.1 Å². The molecule has 2 unspecified atom stereocenters. The van der Waals surface area contributed by atoms with Gasteiger partial charge in [0.25, 0.3) is 0 Å². The lowest BCUT2D eigenvalue weighted by Gasteiger charge is -2.42. The van der Waals surface area contributed by atoms with Gasteiger partial charge in [0.1, 0.15) is 5.78 Å². The fourth-order valence-electron chi connectivity index (χ4n) is 3.77. The van der Waals surface area contributed by atoms with Crippen LogP contribution in [0.1, 0.15) is 80.6 Å². The van der Waals surface area contributed by atoms with Crippen molar-refractivity contribution in [1.29, 1.82) is 0 Å². The van der Waals surface area contributed by atoms with Gasteiger partial charge in [0.15, 0.2) is 0 Å². The Morgan fingerprint density at radius 2 is 1.72 bits per heavy atom. The lowest BCUT2D eigenvalue weighted by Crippen LogP contribution is -2.41. The highest BCUT2D eigenvalue weighted by Crippen LogP contribution is 2.46. The maximum atomic E-state index is 12.7. The second-order valence-electron chi connectivity index (χ2n) is 8.87. The summed E-state index contributed by atoms with van der Waals surface area (Å²) < 4.78 is 0. The average Bonchev–Trinajstić information content (AvgIpc) is 2.12. The molecule has 2 atom stereocenters. The van der Waals surface area contributed by atoms with E-state index in [-0.39, 0.29) is 10.8 Å². The first-order chi connectivity index (χ1) is 7.94. The maximum absolute atomic E-state index is 12.7. The Bertz CT molecular complexity index is 303. The number of Topliss-reactive ketones (excluding diaryl/α,β-unsaturated/α-hetero) is 1. The summed E-state index contributed by atoms with van der Waals surface area (Å²) in [5.41, 5.74) is 0.110. The molecule has 0 aromatic heterocycles. The monoisotopic (exact) mass is 252 g/mol. The third-order valence-corrected chi connectivity index (χ3v) is 4.21. The van der Waals surface area contributed by atoms with E-state index in [0.29, 0.717) is 11.2 Å². The zero-order chi connectivity index (χ0) is 14.2. The minimum Gasteiger partial charge on any atom is -0.299 e. The number of rotatable bonds is 2. The van der Waals surface area contributed by atoms with Crippen LogP contribution in [0.4, 0.5) is 0 Å². The summed E-state index contributed by atoms with van der Waals surface area (Å²) in [6.07, 6.45) is 5.97. The second kappa shape index (κ2) is 4.98. The van der Waals surface area contributed by atoms with Crippen LogP contribution in [0, 0.1) is 22.2 Å². The third kappa shape index (κ3) is 4.10. The fraction of sp³-hybridized carbons (Fsp3) is 0.941. The van der Waals surface area contributed by atoms with Crippen LogP contribution in [0.3, 0.4) is 0 Å². The van der Waals surface area contributed by atoms with Gasteiger partial charge in [-0.15, -0.1) is 0 Å². The molecule has 1 nitrogen and oxygen atoms in total. The van der Waals surface area contributed by atoms with E-state index in [1.807, 2.05) is 0 Å². The molecular formula is C17H32O. The van der Waals surface area contributed by atoms with E-state index in [0.717, 1.165) is 18.8 Å². The Morgan fingerprint density at radius 3 is 2.17 bits per heavy atom. The summed E-state index contributed by atoms with van der Waals surface area (Å²) in [4.78, 5) is 12.7. The van der Waals surface area contributed by atoms with Gasteiger partial charge in [0, 0.05) is 10.8 Å². The molecule has 0 saturated heterocycles. The third-order valence-electron chi connectivity index (χ3n) is 4.21. The average molecular weight is 252 g/mol. The van der Waals surface area contributed by atoms with Crippen LogP contribution in [0.2, 0.25) is 0 Å². The molecule has 0 amide bonds. The number of ketones is 1. The Hall–Kier alpha value is -0.330. The van der Waals surface area contributed by atoms with Gasteiger partial charge < -0.3 is 0 Å². The van der Waals surface area contributed by atoms with E-state index in [9.17, 15) is 4.79 Å². The first-order valence-corrected chi connectivity index (χ1v) is 7.49. The van der Waals surface area contributed by atoms with E-state index in [2.05, 4.69) is 48.5 Å². The summed E-state index contributed by atoms with van der Waals surface area (Å²) in [6.45, 7) is 15.3. The highest BCUT2D eigenvalue weighted by Gasteiger charge is 2.43. The molecule has 106 valence electrons. The Balaban J connectivity index is 2.76. The minimum absolute atomic E-state index is 0.0770. The van der Waals surface area contributed by atoms with Gasteiger partial charge >= 0.3 is 0 Å². The highest BCUT2D eigenvalue weighted by atomic mass is 16.1. The number of hydrogen-bond acceptors (Lipinski definition) is 1. The molecule has 0 N–H and O–H groups in total. The van der Waals surface area contributed by atoms with E-state index < -0.39 is 0 Å². The van der Waals surface area contributed by atoms with Crippen LogP contribution >= 0.6 is 0 Å². The molecule has 0 radical (unpaired) electrons. The van der Waals surface area contributed by atoms with Crippen molar-refractivity contribution in [2.75, 3.05) is 0 Å². The standard InChI is InChI=1S/C17H32O/c1-15(2,3)11-13-9-8-10-17(7,12-13)14(18)16(4,5)6/h13H,8-12H2,1-7H3. The largest absolute Gasteiger partial charge is 0.299 e. The number of carbonyl (C=O) groups is 1. The quantitative estimate of drug-likeness (QED) is 0.657. The molecule has 1 saturated carbocycles. The van der Waals surface area contributed by atoms with Crippen molar-refractivity contribution < 1.29 is 4.79 Å². The van der Waals surface area contributed by atoms with Crippen molar-refractivity contribution >= 4 is 5.78 Å². The molecular weight excluding hydrogens is 220 g/mol. The smallest absolute Gasteiger partial charge is 0.144 e. The van der Waals surface area contributed by atoms with Crippen molar-refractivity contribution in [2.24, 2.45) is 22.2 Å². The molecule has 0 aromatic carbocycles. The summed E-state index contributed by atoms with van der Waals surface area (Å²) in [7, 11) is 0. The van der Waals surface area contributed by atoms with Crippen LogP contribution in [-0.4, -0.2) is 5.78 Å². The van der Waals surface area contributed by atoms with Crippen molar-refractivity contribution in [2.45, 2.75) is 80.6 Å². The van der Waals surface area contributed by atoms with Crippen molar-refractivity contribution in [1.82, 2.24) is 0 Å². The first kappa shape index (κ1) is 15.7. The molecule has 1 aliphatic rings. The van der Waals surface area contributed by atoms with E-state index in [1.165, 1.54) is 19.3 Å². The summed E-state index contributed by atoms with van der Waals surface area (Å²) in [5, 5.41) is 0. The van der Waals surface area contributed by atoms with Gasteiger partial charge in [-0.1, -0.05) is 61.3 Å². The maximum Gasteiger partial charge on any atom is 0.144 e. The normalized spacial score (nSPS) is 30.3. The predicted octanol–water partition coefficient (Wildman–Crippen LogP) is 5.23. The first-order valence-electron chi connectivity index (χ1n) is 7.49. The van der Waals surface area contributed by atoms with Crippen molar-refractivity contribution in [3.63, 3.8) is 0 Å². The summed E-state index contributed by atoms with van der Waals surface area (Å²) in [6, 6.07) is 0. The van der Waals surface area contributed by atoms with Crippen LogP contribution < -0.4 is 0 Å². The summed E-state index contributed by atoms with van der Waals surface area (Å²) >= 11 is 0. The molecule has 1 fully saturated rings. The zero-order valence-corrected chi connectivity index (χ0v) is 13.5. The molecule has 1 heteroatoms. The molecule has 1 rings (SSSR count). The Labute approximate surface area is 114 Å². The SMILES string of the molecule is CC(C)(C)CC1CCCC(C)(C(=O)C(C)(C)C)C1. The fourth-order valence-corrected chi connectivity index (χ4v) is 3.77. The molecule has 0 heterocycles. The number of hydrogen-bond donors (Lipinski definition) is 0. The predicted molar refractivity (Wildman–Crippen MR) is 78.6 cm³/mol.